The van der Waals surface area contributed by atoms with E-state index in [1.165, 1.54) is 35.3 Å². The van der Waals surface area contributed by atoms with Gasteiger partial charge in [0.1, 0.15) is 11.2 Å². The molecular weight excluding hydrogens is 344 g/mol. The third-order valence-electron chi connectivity index (χ3n) is 4.17. The molecule has 0 amide bonds. The standard InChI is InChI=1S/C16H16N4O2S2/c17-10-5-7-11(8-6-10)24(21,22)20-15-14-12-3-1-2-4-13(12)23-16(14)19-9-18-15/h5-9H,1-4,17H2,(H,18,19,20). The van der Waals surface area contributed by atoms with E-state index in [9.17, 15) is 8.42 Å². The third kappa shape index (κ3) is 2.61. The average Bonchev–Trinajstić information content (AvgIpc) is 2.94. The van der Waals surface area contributed by atoms with Gasteiger partial charge in [-0.15, -0.1) is 11.3 Å². The van der Waals surface area contributed by atoms with Crippen LogP contribution in [0.4, 0.5) is 11.5 Å². The van der Waals surface area contributed by atoms with Crippen LogP contribution in [0.1, 0.15) is 23.3 Å². The van der Waals surface area contributed by atoms with E-state index in [0.29, 0.717) is 11.5 Å². The van der Waals surface area contributed by atoms with Crippen LogP contribution in [0.2, 0.25) is 0 Å². The van der Waals surface area contributed by atoms with Crippen LogP contribution in [-0.4, -0.2) is 18.4 Å². The minimum absolute atomic E-state index is 0.160. The molecule has 0 unspecified atom stereocenters. The molecule has 0 saturated heterocycles. The highest BCUT2D eigenvalue weighted by atomic mass is 32.2. The van der Waals surface area contributed by atoms with Crippen molar-refractivity contribution in [3.05, 3.63) is 41.0 Å². The number of hydrogen-bond acceptors (Lipinski definition) is 6. The molecule has 0 aliphatic heterocycles. The smallest absolute Gasteiger partial charge is 0.263 e. The molecule has 124 valence electrons. The fourth-order valence-corrected chi connectivity index (χ4v) is 5.25. The van der Waals surface area contributed by atoms with Gasteiger partial charge in [0.25, 0.3) is 10.0 Å². The largest absolute Gasteiger partial charge is 0.399 e. The Labute approximate surface area is 143 Å². The summed E-state index contributed by atoms with van der Waals surface area (Å²) in [5, 5.41) is 0.844. The molecule has 1 aliphatic rings. The number of nitrogens with zero attached hydrogens (tertiary/aromatic N) is 2. The molecule has 6 nitrogen and oxygen atoms in total. The van der Waals surface area contributed by atoms with Crippen molar-refractivity contribution in [2.24, 2.45) is 0 Å². The average molecular weight is 360 g/mol. The van der Waals surface area contributed by atoms with Crippen molar-refractivity contribution in [1.82, 2.24) is 9.97 Å². The molecular formula is C16H16N4O2S2. The second-order valence-corrected chi connectivity index (χ2v) is 8.55. The van der Waals surface area contributed by atoms with E-state index < -0.39 is 10.0 Å². The van der Waals surface area contributed by atoms with Crippen LogP contribution in [0.25, 0.3) is 10.2 Å². The maximum absolute atomic E-state index is 12.6. The molecule has 2 heterocycles. The number of rotatable bonds is 3. The molecule has 2 aromatic heterocycles. The number of nitrogens with one attached hydrogen (secondary N) is 1. The minimum Gasteiger partial charge on any atom is -0.399 e. The number of nitrogen functional groups attached to an aromatic ring is 1. The first-order valence-electron chi connectivity index (χ1n) is 7.68. The molecule has 1 aromatic carbocycles. The zero-order valence-corrected chi connectivity index (χ0v) is 14.5. The summed E-state index contributed by atoms with van der Waals surface area (Å²) < 4.78 is 27.9. The van der Waals surface area contributed by atoms with Gasteiger partial charge in [-0.3, -0.25) is 4.72 Å². The topological polar surface area (TPSA) is 98.0 Å². The highest BCUT2D eigenvalue weighted by molar-refractivity contribution is 7.92. The van der Waals surface area contributed by atoms with Gasteiger partial charge in [0, 0.05) is 10.6 Å². The van der Waals surface area contributed by atoms with E-state index in [0.717, 1.165) is 29.5 Å². The maximum atomic E-state index is 12.6. The Morgan fingerprint density at radius 1 is 1.08 bits per heavy atom. The van der Waals surface area contributed by atoms with E-state index in [-0.39, 0.29) is 4.90 Å². The van der Waals surface area contributed by atoms with Gasteiger partial charge >= 0.3 is 0 Å². The molecule has 3 N–H and O–H groups in total. The van der Waals surface area contributed by atoms with E-state index in [2.05, 4.69) is 14.7 Å². The number of fused-ring (bicyclic) bond motifs is 3. The van der Waals surface area contributed by atoms with Crippen LogP contribution >= 0.6 is 11.3 Å². The molecule has 0 fully saturated rings. The molecule has 0 spiro atoms. The van der Waals surface area contributed by atoms with Crippen molar-refractivity contribution in [2.75, 3.05) is 10.5 Å². The normalized spacial score (nSPS) is 14.5. The minimum atomic E-state index is -3.72. The second-order valence-electron chi connectivity index (χ2n) is 5.79. The lowest BCUT2D eigenvalue weighted by Crippen LogP contribution is -2.14. The Morgan fingerprint density at radius 3 is 2.62 bits per heavy atom. The van der Waals surface area contributed by atoms with Gasteiger partial charge < -0.3 is 5.73 Å². The Balaban J connectivity index is 1.79. The van der Waals surface area contributed by atoms with Crippen molar-refractivity contribution >= 4 is 43.1 Å². The lowest BCUT2D eigenvalue weighted by Gasteiger charge is -2.12. The van der Waals surface area contributed by atoms with Crippen LogP contribution in [-0.2, 0) is 22.9 Å². The van der Waals surface area contributed by atoms with Gasteiger partial charge in [-0.2, -0.15) is 0 Å². The fourth-order valence-electron chi connectivity index (χ4n) is 3.00. The molecule has 0 saturated carbocycles. The molecule has 24 heavy (non-hydrogen) atoms. The third-order valence-corrected chi connectivity index (χ3v) is 6.73. The van der Waals surface area contributed by atoms with Crippen LogP contribution < -0.4 is 10.5 Å². The zero-order valence-electron chi connectivity index (χ0n) is 12.8. The Hall–Kier alpha value is -2.19. The molecule has 0 radical (unpaired) electrons. The predicted molar refractivity (Wildman–Crippen MR) is 95.7 cm³/mol. The van der Waals surface area contributed by atoms with Crippen LogP contribution in [0.3, 0.4) is 0 Å². The van der Waals surface area contributed by atoms with Crippen molar-refractivity contribution < 1.29 is 8.42 Å². The van der Waals surface area contributed by atoms with E-state index in [4.69, 9.17) is 5.73 Å². The molecule has 4 rings (SSSR count). The van der Waals surface area contributed by atoms with Gasteiger partial charge in [0.2, 0.25) is 0 Å². The summed E-state index contributed by atoms with van der Waals surface area (Å²) in [6.07, 6.45) is 5.66. The number of aryl methyl sites for hydroxylation is 2. The number of sulfonamides is 1. The lowest BCUT2D eigenvalue weighted by molar-refractivity contribution is 0.601. The fraction of sp³-hybridized carbons (Fsp3) is 0.250. The summed E-state index contributed by atoms with van der Waals surface area (Å²) in [7, 11) is -3.72. The Kier molecular flexibility index (Phi) is 3.65. The summed E-state index contributed by atoms with van der Waals surface area (Å²) in [6, 6.07) is 6.10. The van der Waals surface area contributed by atoms with Gasteiger partial charge in [0.15, 0.2) is 5.82 Å². The maximum Gasteiger partial charge on any atom is 0.263 e. The summed E-state index contributed by atoms with van der Waals surface area (Å²) in [6.45, 7) is 0. The summed E-state index contributed by atoms with van der Waals surface area (Å²) in [5.41, 5.74) is 7.34. The monoisotopic (exact) mass is 360 g/mol. The number of thiophene rings is 1. The molecule has 8 heteroatoms. The van der Waals surface area contributed by atoms with Crippen LogP contribution in [0.5, 0.6) is 0 Å². The highest BCUT2D eigenvalue weighted by Crippen LogP contribution is 2.38. The number of hydrogen-bond donors (Lipinski definition) is 2. The Morgan fingerprint density at radius 2 is 1.83 bits per heavy atom. The van der Waals surface area contributed by atoms with Crippen molar-refractivity contribution in [3.63, 3.8) is 0 Å². The number of aromatic nitrogens is 2. The predicted octanol–water partition coefficient (Wildman–Crippen LogP) is 2.95. The summed E-state index contributed by atoms with van der Waals surface area (Å²) >= 11 is 1.64. The van der Waals surface area contributed by atoms with Gasteiger partial charge in [-0.1, -0.05) is 0 Å². The van der Waals surface area contributed by atoms with Crippen molar-refractivity contribution in [3.8, 4) is 0 Å². The van der Waals surface area contributed by atoms with Crippen LogP contribution in [0, 0.1) is 0 Å². The van der Waals surface area contributed by atoms with Gasteiger partial charge in [-0.25, -0.2) is 18.4 Å². The number of anilines is 2. The van der Waals surface area contributed by atoms with Gasteiger partial charge in [-0.05, 0) is 55.5 Å². The molecule has 1 aliphatic carbocycles. The number of benzene rings is 1. The first kappa shape index (κ1) is 15.3. The van der Waals surface area contributed by atoms with Crippen molar-refractivity contribution in [1.29, 1.82) is 0 Å². The van der Waals surface area contributed by atoms with Crippen LogP contribution in [0.15, 0.2) is 35.5 Å². The number of nitrogens with two attached hydrogens (primary N) is 1. The summed E-state index contributed by atoms with van der Waals surface area (Å²) in [4.78, 5) is 10.8. The summed E-state index contributed by atoms with van der Waals surface area (Å²) in [5.74, 6) is 0.358. The van der Waals surface area contributed by atoms with E-state index in [1.807, 2.05) is 0 Å². The SMILES string of the molecule is Nc1ccc(S(=O)(=O)Nc2ncnc3sc4c(c23)CCCC4)cc1. The van der Waals surface area contributed by atoms with Crippen molar-refractivity contribution in [2.45, 2.75) is 30.6 Å². The molecule has 3 aromatic rings. The molecule has 0 bridgehead atoms. The first-order chi connectivity index (χ1) is 11.5. The molecule has 0 atom stereocenters. The first-order valence-corrected chi connectivity index (χ1v) is 9.98. The van der Waals surface area contributed by atoms with E-state index in [1.54, 1.807) is 23.5 Å². The van der Waals surface area contributed by atoms with E-state index >= 15 is 0 Å². The quantitative estimate of drug-likeness (QED) is 0.700. The zero-order chi connectivity index (χ0) is 16.7. The lowest BCUT2D eigenvalue weighted by atomic mass is 9.97. The highest BCUT2D eigenvalue weighted by Gasteiger charge is 2.22. The Bertz CT molecular complexity index is 1010. The second kappa shape index (κ2) is 5.71. The van der Waals surface area contributed by atoms with Gasteiger partial charge in [0.05, 0.1) is 10.3 Å².